The highest BCUT2D eigenvalue weighted by Crippen LogP contribution is 2.44. The number of ketones is 1. The lowest BCUT2D eigenvalue weighted by Crippen LogP contribution is -2.49. The van der Waals surface area contributed by atoms with Crippen LogP contribution in [0.25, 0.3) is 0 Å². The molecule has 0 radical (unpaired) electrons. The van der Waals surface area contributed by atoms with E-state index in [0.717, 1.165) is 30.5 Å². The highest BCUT2D eigenvalue weighted by atomic mass is 16.4. The third-order valence-electron chi connectivity index (χ3n) is 3.67. The molecule has 1 aromatic rings. The van der Waals surface area contributed by atoms with Gasteiger partial charge < -0.3 is 5.11 Å². The van der Waals surface area contributed by atoms with Crippen molar-refractivity contribution in [3.8, 4) is 0 Å². The lowest BCUT2D eigenvalue weighted by atomic mass is 9.64. The molecule has 0 bridgehead atoms. The molecule has 1 aromatic heterocycles. The number of carboxylic acids is 1. The minimum Gasteiger partial charge on any atom is -0.481 e. The molecular weight excluding hydrogens is 208 g/mol. The second-order valence-electron chi connectivity index (χ2n) is 4.66. The van der Waals surface area contributed by atoms with Crippen LogP contribution in [0.5, 0.6) is 0 Å². The zero-order chi connectivity index (χ0) is 11.3. The Morgan fingerprint density at radius 2 is 2.12 bits per heavy atom. The Morgan fingerprint density at radius 1 is 1.38 bits per heavy atom. The van der Waals surface area contributed by atoms with Gasteiger partial charge in [0.25, 0.3) is 0 Å². The molecule has 0 aliphatic heterocycles. The average molecular weight is 220 g/mol. The van der Waals surface area contributed by atoms with Crippen molar-refractivity contribution < 1.29 is 14.7 Å². The quantitative estimate of drug-likeness (QED) is 0.763. The van der Waals surface area contributed by atoms with Crippen molar-refractivity contribution in [2.45, 2.75) is 37.5 Å². The summed E-state index contributed by atoms with van der Waals surface area (Å²) < 4.78 is 0. The zero-order valence-electron chi connectivity index (χ0n) is 8.75. The van der Waals surface area contributed by atoms with E-state index in [0.29, 0.717) is 5.69 Å². The van der Waals surface area contributed by atoms with Gasteiger partial charge in [-0.15, -0.1) is 0 Å². The van der Waals surface area contributed by atoms with Gasteiger partial charge in [0.2, 0.25) is 0 Å². The SMILES string of the molecule is O=C1CC(C(=O)O)(c2n[nH]c3c2CCC3)C1. The van der Waals surface area contributed by atoms with Crippen LogP contribution >= 0.6 is 0 Å². The number of carbonyl (C=O) groups excluding carboxylic acids is 1. The van der Waals surface area contributed by atoms with E-state index in [9.17, 15) is 14.7 Å². The van der Waals surface area contributed by atoms with E-state index in [-0.39, 0.29) is 18.6 Å². The van der Waals surface area contributed by atoms with Crippen molar-refractivity contribution in [1.82, 2.24) is 10.2 Å². The molecule has 0 aromatic carbocycles. The number of aromatic amines is 1. The van der Waals surface area contributed by atoms with Gasteiger partial charge in [-0.25, -0.2) is 0 Å². The summed E-state index contributed by atoms with van der Waals surface area (Å²) in [6.07, 6.45) is 3.05. The summed E-state index contributed by atoms with van der Waals surface area (Å²) in [4.78, 5) is 22.5. The van der Waals surface area contributed by atoms with Gasteiger partial charge in [0.05, 0.1) is 5.69 Å². The number of hydrogen-bond donors (Lipinski definition) is 2. The van der Waals surface area contributed by atoms with Gasteiger partial charge in [0, 0.05) is 18.5 Å². The number of rotatable bonds is 2. The third kappa shape index (κ3) is 1.03. The Balaban J connectivity index is 2.07. The maximum atomic E-state index is 11.3. The molecule has 2 N–H and O–H groups in total. The van der Waals surface area contributed by atoms with E-state index >= 15 is 0 Å². The van der Waals surface area contributed by atoms with Crippen molar-refractivity contribution in [3.05, 3.63) is 17.0 Å². The largest absolute Gasteiger partial charge is 0.481 e. The monoisotopic (exact) mass is 220 g/mol. The molecule has 0 saturated heterocycles. The molecular formula is C11H12N2O3. The third-order valence-corrected chi connectivity index (χ3v) is 3.67. The van der Waals surface area contributed by atoms with Crippen LogP contribution in [0.2, 0.25) is 0 Å². The first-order valence-electron chi connectivity index (χ1n) is 5.45. The van der Waals surface area contributed by atoms with Gasteiger partial charge in [0.1, 0.15) is 11.2 Å². The standard InChI is InChI=1S/C11H12N2O3/c14-6-4-11(5-6,10(15)16)9-7-2-1-3-8(7)12-13-9/h1-5H2,(H,12,13)(H,15,16). The highest BCUT2D eigenvalue weighted by Gasteiger charge is 2.54. The fourth-order valence-electron chi connectivity index (χ4n) is 2.76. The number of aryl methyl sites for hydroxylation is 1. The number of nitrogens with one attached hydrogen (secondary N) is 1. The maximum Gasteiger partial charge on any atom is 0.316 e. The van der Waals surface area contributed by atoms with Crippen LogP contribution in [0, 0.1) is 0 Å². The Bertz CT molecular complexity index is 481. The molecule has 16 heavy (non-hydrogen) atoms. The molecule has 2 aliphatic rings. The average Bonchev–Trinajstić information content (AvgIpc) is 2.72. The summed E-state index contributed by atoms with van der Waals surface area (Å²) in [6.45, 7) is 0. The normalized spacial score (nSPS) is 21.6. The van der Waals surface area contributed by atoms with Gasteiger partial charge in [-0.2, -0.15) is 5.10 Å². The molecule has 0 atom stereocenters. The number of H-pyrrole nitrogens is 1. The molecule has 2 aliphatic carbocycles. The second-order valence-corrected chi connectivity index (χ2v) is 4.66. The summed E-state index contributed by atoms with van der Waals surface area (Å²) in [5.41, 5.74) is 1.66. The molecule has 0 spiro atoms. The minimum atomic E-state index is -1.04. The lowest BCUT2D eigenvalue weighted by Gasteiger charge is -2.35. The Labute approximate surface area is 91.9 Å². The molecule has 84 valence electrons. The van der Waals surface area contributed by atoms with E-state index in [2.05, 4.69) is 10.2 Å². The fraction of sp³-hybridized carbons (Fsp3) is 0.545. The molecule has 3 rings (SSSR count). The molecule has 5 heteroatoms. The number of fused-ring (bicyclic) bond motifs is 1. The topological polar surface area (TPSA) is 83.1 Å². The predicted octanol–water partition coefficient (Wildman–Crippen LogP) is 0.584. The van der Waals surface area contributed by atoms with Crippen molar-refractivity contribution in [1.29, 1.82) is 0 Å². The number of carboxylic acid groups (broad SMARTS) is 1. The first-order chi connectivity index (χ1) is 7.63. The van der Waals surface area contributed by atoms with Crippen molar-refractivity contribution in [3.63, 3.8) is 0 Å². The van der Waals surface area contributed by atoms with Gasteiger partial charge >= 0.3 is 5.97 Å². The van der Waals surface area contributed by atoms with Gasteiger partial charge in [-0.05, 0) is 24.8 Å². The van der Waals surface area contributed by atoms with Gasteiger partial charge in [0.15, 0.2) is 0 Å². The van der Waals surface area contributed by atoms with Crippen LogP contribution < -0.4 is 0 Å². The maximum absolute atomic E-state index is 11.3. The van der Waals surface area contributed by atoms with E-state index in [1.54, 1.807) is 0 Å². The number of Topliss-reactive ketones (excluding diaryl/α,β-unsaturated/α-hetero) is 1. The summed E-state index contributed by atoms with van der Waals surface area (Å²) in [7, 11) is 0. The number of carbonyl (C=O) groups is 2. The highest BCUT2D eigenvalue weighted by molar-refractivity contribution is 6.01. The van der Waals surface area contributed by atoms with E-state index in [1.807, 2.05) is 0 Å². The molecule has 1 saturated carbocycles. The van der Waals surface area contributed by atoms with Crippen molar-refractivity contribution in [2.24, 2.45) is 0 Å². The lowest BCUT2D eigenvalue weighted by molar-refractivity contribution is -0.153. The van der Waals surface area contributed by atoms with Crippen LogP contribution in [0.3, 0.4) is 0 Å². The van der Waals surface area contributed by atoms with Crippen LogP contribution in [-0.4, -0.2) is 27.1 Å². The second kappa shape index (κ2) is 2.93. The van der Waals surface area contributed by atoms with Crippen LogP contribution in [0.1, 0.15) is 36.2 Å². The van der Waals surface area contributed by atoms with Crippen molar-refractivity contribution >= 4 is 11.8 Å². The van der Waals surface area contributed by atoms with Crippen LogP contribution in [0.15, 0.2) is 0 Å². The summed E-state index contributed by atoms with van der Waals surface area (Å²) in [5, 5.41) is 16.3. The summed E-state index contributed by atoms with van der Waals surface area (Å²) >= 11 is 0. The summed E-state index contributed by atoms with van der Waals surface area (Å²) in [6, 6.07) is 0. The Kier molecular flexibility index (Phi) is 1.75. The molecule has 5 nitrogen and oxygen atoms in total. The smallest absolute Gasteiger partial charge is 0.316 e. The number of nitrogens with zero attached hydrogens (tertiary/aromatic N) is 1. The zero-order valence-corrected chi connectivity index (χ0v) is 8.75. The minimum absolute atomic E-state index is 0.0112. The van der Waals surface area contributed by atoms with Crippen molar-refractivity contribution in [2.75, 3.05) is 0 Å². The van der Waals surface area contributed by atoms with Crippen LogP contribution in [-0.2, 0) is 27.8 Å². The first-order valence-corrected chi connectivity index (χ1v) is 5.45. The molecule has 0 unspecified atom stereocenters. The van der Waals surface area contributed by atoms with E-state index in [1.165, 1.54) is 0 Å². The van der Waals surface area contributed by atoms with E-state index < -0.39 is 11.4 Å². The first kappa shape index (κ1) is 9.57. The Hall–Kier alpha value is -1.65. The fourth-order valence-corrected chi connectivity index (χ4v) is 2.76. The number of aliphatic carboxylic acids is 1. The molecule has 1 fully saturated rings. The number of aromatic nitrogens is 2. The molecule has 1 heterocycles. The predicted molar refractivity (Wildman–Crippen MR) is 54.2 cm³/mol. The Morgan fingerprint density at radius 3 is 2.75 bits per heavy atom. The van der Waals surface area contributed by atoms with Crippen LogP contribution in [0.4, 0.5) is 0 Å². The van der Waals surface area contributed by atoms with E-state index in [4.69, 9.17) is 0 Å². The summed E-state index contributed by atoms with van der Waals surface area (Å²) in [5.74, 6) is -0.912. The van der Waals surface area contributed by atoms with Gasteiger partial charge in [-0.3, -0.25) is 14.7 Å². The molecule has 0 amide bonds. The number of hydrogen-bond acceptors (Lipinski definition) is 3. The van der Waals surface area contributed by atoms with Gasteiger partial charge in [-0.1, -0.05) is 0 Å².